The molecule has 0 saturated carbocycles. The van der Waals surface area contributed by atoms with E-state index in [0.717, 1.165) is 5.01 Å². The number of carboxylic acids is 1. The van der Waals surface area contributed by atoms with Crippen molar-refractivity contribution in [2.24, 2.45) is 5.84 Å². The van der Waals surface area contributed by atoms with E-state index in [1.807, 2.05) is 0 Å². The molecule has 0 aliphatic heterocycles. The fourth-order valence-electron chi connectivity index (χ4n) is 0.503. The summed E-state index contributed by atoms with van der Waals surface area (Å²) in [6.07, 6.45) is -0.457. The van der Waals surface area contributed by atoms with Crippen molar-refractivity contribution in [1.29, 1.82) is 0 Å². The van der Waals surface area contributed by atoms with Crippen LogP contribution in [0.2, 0.25) is 0 Å². The highest BCUT2D eigenvalue weighted by molar-refractivity contribution is 5.95. The van der Waals surface area contributed by atoms with Gasteiger partial charge in [0.2, 0.25) is 0 Å². The van der Waals surface area contributed by atoms with Crippen molar-refractivity contribution < 1.29 is 14.7 Å². The number of rotatable bonds is 4. The van der Waals surface area contributed by atoms with Gasteiger partial charge in [-0.05, 0) is 0 Å². The summed E-state index contributed by atoms with van der Waals surface area (Å²) in [5, 5.41) is 9.26. The highest BCUT2D eigenvalue weighted by Crippen LogP contribution is 1.83. The highest BCUT2D eigenvalue weighted by Gasteiger charge is 2.07. The lowest BCUT2D eigenvalue weighted by Gasteiger charge is -2.05. The van der Waals surface area contributed by atoms with Crippen molar-refractivity contribution in [3.8, 4) is 0 Å². The minimum atomic E-state index is -1.12. The number of nitrogens with zero attached hydrogens (tertiary/aromatic N) is 1. The normalized spacial score (nSPS) is 9.90. The molecule has 0 heterocycles. The van der Waals surface area contributed by atoms with Crippen LogP contribution in [0.25, 0.3) is 0 Å². The third-order valence-corrected chi connectivity index (χ3v) is 0.774. The maximum absolute atomic E-state index is 10.6. The van der Waals surface area contributed by atoms with E-state index in [1.54, 1.807) is 0 Å². The first-order valence-corrected chi connectivity index (χ1v) is 2.71. The largest absolute Gasteiger partial charge is 0.481 e. The van der Waals surface area contributed by atoms with Crippen LogP contribution in [0.3, 0.4) is 0 Å². The van der Waals surface area contributed by atoms with E-state index in [0.29, 0.717) is 0 Å². The molecule has 0 bridgehead atoms. The van der Waals surface area contributed by atoms with Gasteiger partial charge in [-0.25, -0.2) is 5.01 Å². The minimum absolute atomic E-state index is 0.0215. The third-order valence-electron chi connectivity index (χ3n) is 0.774. The zero-order chi connectivity index (χ0) is 8.15. The molecule has 10 heavy (non-hydrogen) atoms. The van der Waals surface area contributed by atoms with E-state index in [1.165, 1.54) is 7.05 Å². The van der Waals surface area contributed by atoms with Gasteiger partial charge in [-0.3, -0.25) is 15.4 Å². The predicted octanol–water partition coefficient (Wildman–Crippen LogP) is -1.16. The Morgan fingerprint density at radius 1 is 1.60 bits per heavy atom. The summed E-state index contributed by atoms with van der Waals surface area (Å²) < 4.78 is 0. The van der Waals surface area contributed by atoms with Gasteiger partial charge >= 0.3 is 5.97 Å². The van der Waals surface area contributed by atoms with Gasteiger partial charge < -0.3 is 5.11 Å². The number of ketones is 1. The molecule has 0 atom stereocenters. The Morgan fingerprint density at radius 2 is 2.10 bits per heavy atom. The second kappa shape index (κ2) is 3.97. The van der Waals surface area contributed by atoms with Gasteiger partial charge in [0.25, 0.3) is 0 Å². The Kier molecular flexibility index (Phi) is 3.60. The van der Waals surface area contributed by atoms with E-state index in [9.17, 15) is 9.59 Å². The number of hydrogen-bond acceptors (Lipinski definition) is 4. The fourth-order valence-corrected chi connectivity index (χ4v) is 0.503. The summed E-state index contributed by atoms with van der Waals surface area (Å²) in [6, 6.07) is 0. The second-order valence-corrected chi connectivity index (χ2v) is 2.02. The molecule has 0 radical (unpaired) electrons. The van der Waals surface area contributed by atoms with Crippen LogP contribution in [0.5, 0.6) is 0 Å². The van der Waals surface area contributed by atoms with E-state index in [2.05, 4.69) is 0 Å². The molecule has 0 aromatic heterocycles. The van der Waals surface area contributed by atoms with Crippen molar-refractivity contribution in [2.75, 3.05) is 13.6 Å². The lowest BCUT2D eigenvalue weighted by Crippen LogP contribution is -2.32. The number of hydrogen-bond donors (Lipinski definition) is 2. The quantitative estimate of drug-likeness (QED) is 0.297. The Hall–Kier alpha value is -0.940. The van der Waals surface area contributed by atoms with E-state index in [4.69, 9.17) is 10.9 Å². The van der Waals surface area contributed by atoms with Crippen LogP contribution in [0.4, 0.5) is 0 Å². The predicted molar refractivity (Wildman–Crippen MR) is 34.1 cm³/mol. The number of nitrogens with two attached hydrogens (primary N) is 1. The van der Waals surface area contributed by atoms with Crippen LogP contribution in [-0.4, -0.2) is 35.5 Å². The van der Waals surface area contributed by atoms with Crippen molar-refractivity contribution in [2.45, 2.75) is 6.42 Å². The molecular weight excluding hydrogens is 136 g/mol. The molecule has 5 heteroatoms. The SMILES string of the molecule is CN(N)CC(=O)CC(=O)O. The number of hydrazine groups is 1. The van der Waals surface area contributed by atoms with Crippen LogP contribution in [-0.2, 0) is 9.59 Å². The number of carbonyl (C=O) groups is 2. The van der Waals surface area contributed by atoms with Gasteiger partial charge in [-0.15, -0.1) is 0 Å². The van der Waals surface area contributed by atoms with Crippen LogP contribution >= 0.6 is 0 Å². The smallest absolute Gasteiger partial charge is 0.310 e. The summed E-state index contributed by atoms with van der Waals surface area (Å²) in [7, 11) is 1.50. The molecule has 0 aromatic rings. The zero-order valence-electron chi connectivity index (χ0n) is 5.70. The molecule has 0 aliphatic carbocycles. The number of carbonyl (C=O) groups excluding carboxylic acids is 1. The Labute approximate surface area is 58.4 Å². The van der Waals surface area contributed by atoms with Crippen molar-refractivity contribution in [3.05, 3.63) is 0 Å². The Morgan fingerprint density at radius 3 is 2.40 bits per heavy atom. The number of Topliss-reactive ketones (excluding diaryl/α,β-unsaturated/α-hetero) is 1. The maximum Gasteiger partial charge on any atom is 0.310 e. The first-order chi connectivity index (χ1) is 4.52. The molecule has 5 nitrogen and oxygen atoms in total. The van der Waals surface area contributed by atoms with E-state index < -0.39 is 18.2 Å². The van der Waals surface area contributed by atoms with Crippen LogP contribution in [0.15, 0.2) is 0 Å². The van der Waals surface area contributed by atoms with Gasteiger partial charge in [0, 0.05) is 7.05 Å². The van der Waals surface area contributed by atoms with Crippen LogP contribution in [0.1, 0.15) is 6.42 Å². The van der Waals surface area contributed by atoms with Gasteiger partial charge in [0.05, 0.1) is 6.54 Å². The summed E-state index contributed by atoms with van der Waals surface area (Å²) in [6.45, 7) is -0.0215. The Bertz CT molecular complexity index is 144. The molecule has 58 valence electrons. The van der Waals surface area contributed by atoms with E-state index in [-0.39, 0.29) is 6.54 Å². The molecule has 0 spiro atoms. The number of aliphatic carboxylic acids is 1. The molecule has 0 amide bonds. The molecule has 0 unspecified atom stereocenters. The van der Waals surface area contributed by atoms with Gasteiger partial charge in [0.15, 0.2) is 5.78 Å². The lowest BCUT2D eigenvalue weighted by molar-refractivity contribution is -0.140. The fraction of sp³-hybridized carbons (Fsp3) is 0.600. The van der Waals surface area contributed by atoms with Gasteiger partial charge in [-0.2, -0.15) is 0 Å². The van der Waals surface area contributed by atoms with Crippen molar-refractivity contribution in [3.63, 3.8) is 0 Å². The lowest BCUT2D eigenvalue weighted by atomic mass is 10.3. The summed E-state index contributed by atoms with van der Waals surface area (Å²) in [5.74, 6) is 3.58. The minimum Gasteiger partial charge on any atom is -0.481 e. The third kappa shape index (κ3) is 5.20. The topological polar surface area (TPSA) is 83.6 Å². The standard InChI is InChI=1S/C5H10N2O3/c1-7(6)3-4(8)2-5(9)10/h2-3,6H2,1H3,(H,9,10). The maximum atomic E-state index is 10.6. The van der Waals surface area contributed by atoms with Gasteiger partial charge in [0.1, 0.15) is 6.42 Å². The molecule has 0 rings (SSSR count). The van der Waals surface area contributed by atoms with E-state index >= 15 is 0 Å². The summed E-state index contributed by atoms with van der Waals surface area (Å²) >= 11 is 0. The van der Waals surface area contributed by atoms with Crippen LogP contribution in [0, 0.1) is 0 Å². The summed E-state index contributed by atoms with van der Waals surface area (Å²) in [4.78, 5) is 20.5. The average Bonchev–Trinajstić information content (AvgIpc) is 1.58. The van der Waals surface area contributed by atoms with Crippen molar-refractivity contribution in [1.82, 2.24) is 5.01 Å². The highest BCUT2D eigenvalue weighted by atomic mass is 16.4. The molecule has 0 aromatic carbocycles. The number of carboxylic acid groups (broad SMARTS) is 1. The zero-order valence-corrected chi connectivity index (χ0v) is 5.70. The van der Waals surface area contributed by atoms with Crippen molar-refractivity contribution >= 4 is 11.8 Å². The van der Waals surface area contributed by atoms with Crippen LogP contribution < -0.4 is 5.84 Å². The molecule has 0 saturated heterocycles. The molecule has 0 aliphatic rings. The first kappa shape index (κ1) is 9.06. The molecular formula is C5H10N2O3. The molecule has 0 fully saturated rings. The van der Waals surface area contributed by atoms with Gasteiger partial charge in [-0.1, -0.05) is 0 Å². The number of likely N-dealkylation sites (N-methyl/N-ethyl adjacent to an activating group) is 1. The molecule has 3 N–H and O–H groups in total. The Balaban J connectivity index is 3.54. The second-order valence-electron chi connectivity index (χ2n) is 2.02. The summed E-state index contributed by atoms with van der Waals surface area (Å²) in [5.41, 5.74) is 0. The average molecular weight is 146 g/mol. The first-order valence-electron chi connectivity index (χ1n) is 2.71. The monoisotopic (exact) mass is 146 g/mol.